The van der Waals surface area contributed by atoms with Crippen molar-refractivity contribution in [2.24, 2.45) is 0 Å². The molecular weight excluding hydrogens is 234 g/mol. The lowest BCUT2D eigenvalue weighted by atomic mass is 10.2. The van der Waals surface area contributed by atoms with E-state index in [2.05, 4.69) is 0 Å². The van der Waals surface area contributed by atoms with Crippen LogP contribution >= 0.6 is 0 Å². The van der Waals surface area contributed by atoms with Gasteiger partial charge < -0.3 is 4.90 Å². The summed E-state index contributed by atoms with van der Waals surface area (Å²) in [6.45, 7) is 0.108. The van der Waals surface area contributed by atoms with Crippen molar-refractivity contribution in [3.05, 3.63) is 60.2 Å². The van der Waals surface area contributed by atoms with Crippen LogP contribution in [0.15, 0.2) is 48.5 Å². The summed E-state index contributed by atoms with van der Waals surface area (Å²) >= 11 is 0. The van der Waals surface area contributed by atoms with E-state index in [1.165, 1.54) is 24.3 Å². The zero-order valence-electron chi connectivity index (χ0n) is 9.48. The van der Waals surface area contributed by atoms with Gasteiger partial charge in [-0.15, -0.1) is 0 Å². The lowest BCUT2D eigenvalue weighted by Gasteiger charge is -2.21. The van der Waals surface area contributed by atoms with Gasteiger partial charge in [-0.05, 0) is 48.5 Å². The minimum Gasteiger partial charge on any atom is -0.328 e. The Morgan fingerprint density at radius 1 is 0.833 bits per heavy atom. The van der Waals surface area contributed by atoms with Crippen LogP contribution < -0.4 is 4.90 Å². The molecule has 4 heteroatoms. The van der Waals surface area contributed by atoms with E-state index in [9.17, 15) is 8.78 Å². The Balaban J connectivity index is 2.36. The molecule has 0 aliphatic rings. The topological polar surface area (TPSA) is 27.0 Å². The third-order valence-electron chi connectivity index (χ3n) is 2.51. The van der Waals surface area contributed by atoms with Crippen LogP contribution in [0, 0.1) is 23.0 Å². The number of anilines is 2. The Labute approximate surface area is 104 Å². The van der Waals surface area contributed by atoms with Crippen molar-refractivity contribution < 1.29 is 8.78 Å². The molecule has 0 atom stereocenters. The molecule has 90 valence electrons. The molecule has 0 aliphatic heterocycles. The van der Waals surface area contributed by atoms with Crippen molar-refractivity contribution in [2.75, 3.05) is 11.4 Å². The predicted molar refractivity (Wildman–Crippen MR) is 65.4 cm³/mol. The molecule has 2 nitrogen and oxygen atoms in total. The summed E-state index contributed by atoms with van der Waals surface area (Å²) in [5.74, 6) is -0.676. The maximum atomic E-state index is 12.9. The normalized spacial score (nSPS) is 9.83. The number of nitriles is 1. The van der Waals surface area contributed by atoms with E-state index in [1.807, 2.05) is 6.07 Å². The first-order valence-electron chi connectivity index (χ1n) is 5.36. The van der Waals surface area contributed by atoms with E-state index in [-0.39, 0.29) is 18.2 Å². The Morgan fingerprint density at radius 2 is 1.22 bits per heavy atom. The third kappa shape index (κ3) is 2.64. The van der Waals surface area contributed by atoms with Crippen LogP contribution in [0.1, 0.15) is 0 Å². The van der Waals surface area contributed by atoms with E-state index in [0.29, 0.717) is 11.4 Å². The van der Waals surface area contributed by atoms with Gasteiger partial charge in [-0.25, -0.2) is 8.78 Å². The monoisotopic (exact) mass is 244 g/mol. The first kappa shape index (κ1) is 12.1. The summed E-state index contributed by atoms with van der Waals surface area (Å²) < 4.78 is 25.7. The van der Waals surface area contributed by atoms with Gasteiger partial charge in [-0.1, -0.05) is 0 Å². The molecule has 0 bridgehead atoms. The maximum Gasteiger partial charge on any atom is 0.123 e. The summed E-state index contributed by atoms with van der Waals surface area (Å²) in [5, 5.41) is 8.83. The molecule has 0 fully saturated rings. The second-order valence-electron chi connectivity index (χ2n) is 3.70. The largest absolute Gasteiger partial charge is 0.328 e. The van der Waals surface area contributed by atoms with Crippen molar-refractivity contribution in [2.45, 2.75) is 0 Å². The van der Waals surface area contributed by atoms with Crippen LogP contribution in [0.3, 0.4) is 0 Å². The standard InChI is InChI=1S/C14H10F2N2/c15-11-1-5-13(6-2-11)18(10-9-17)14-7-3-12(16)4-8-14/h1-8H,10H2. The average Bonchev–Trinajstić information content (AvgIpc) is 2.39. The molecule has 0 N–H and O–H groups in total. The maximum absolute atomic E-state index is 12.9. The van der Waals surface area contributed by atoms with Gasteiger partial charge in [0.15, 0.2) is 0 Å². The fourth-order valence-electron chi connectivity index (χ4n) is 1.64. The van der Waals surface area contributed by atoms with Crippen LogP contribution in [-0.2, 0) is 0 Å². The van der Waals surface area contributed by atoms with Gasteiger partial charge >= 0.3 is 0 Å². The van der Waals surface area contributed by atoms with Gasteiger partial charge in [0.1, 0.15) is 18.2 Å². The minimum atomic E-state index is -0.338. The van der Waals surface area contributed by atoms with Gasteiger partial charge in [0.2, 0.25) is 0 Å². The minimum absolute atomic E-state index is 0.108. The SMILES string of the molecule is N#CCN(c1ccc(F)cc1)c1ccc(F)cc1. The molecule has 0 aromatic heterocycles. The van der Waals surface area contributed by atoms with Gasteiger partial charge in [0.25, 0.3) is 0 Å². The van der Waals surface area contributed by atoms with E-state index in [4.69, 9.17) is 5.26 Å². The molecule has 18 heavy (non-hydrogen) atoms. The highest BCUT2D eigenvalue weighted by molar-refractivity contribution is 5.63. The van der Waals surface area contributed by atoms with Gasteiger partial charge in [-0.2, -0.15) is 5.26 Å². The second-order valence-corrected chi connectivity index (χ2v) is 3.70. The fourth-order valence-corrected chi connectivity index (χ4v) is 1.64. The Kier molecular flexibility index (Phi) is 3.54. The number of hydrogen-bond donors (Lipinski definition) is 0. The highest BCUT2D eigenvalue weighted by Gasteiger charge is 2.08. The molecular formula is C14H10F2N2. The smallest absolute Gasteiger partial charge is 0.123 e. The van der Waals surface area contributed by atoms with Crippen LogP contribution in [0.25, 0.3) is 0 Å². The van der Waals surface area contributed by atoms with Crippen molar-refractivity contribution in [1.29, 1.82) is 5.26 Å². The Hall–Kier alpha value is -2.41. The molecule has 0 saturated carbocycles. The highest BCUT2D eigenvalue weighted by atomic mass is 19.1. The van der Waals surface area contributed by atoms with Gasteiger partial charge in [0, 0.05) is 11.4 Å². The molecule has 0 radical (unpaired) electrons. The molecule has 2 aromatic carbocycles. The van der Waals surface area contributed by atoms with E-state index in [0.717, 1.165) is 0 Å². The summed E-state index contributed by atoms with van der Waals surface area (Å²) in [6, 6.07) is 13.6. The van der Waals surface area contributed by atoms with E-state index in [1.54, 1.807) is 29.2 Å². The lowest BCUT2D eigenvalue weighted by Crippen LogP contribution is -2.16. The zero-order valence-corrected chi connectivity index (χ0v) is 9.48. The number of nitrogens with zero attached hydrogens (tertiary/aromatic N) is 2. The molecule has 2 rings (SSSR count). The third-order valence-corrected chi connectivity index (χ3v) is 2.51. The second kappa shape index (κ2) is 5.28. The van der Waals surface area contributed by atoms with Crippen LogP contribution in [0.4, 0.5) is 20.2 Å². The fraction of sp³-hybridized carbons (Fsp3) is 0.0714. The molecule has 0 heterocycles. The van der Waals surface area contributed by atoms with Crippen molar-refractivity contribution in [3.63, 3.8) is 0 Å². The average molecular weight is 244 g/mol. The summed E-state index contributed by atoms with van der Waals surface area (Å²) in [6.07, 6.45) is 0. The Bertz CT molecular complexity index is 510. The summed E-state index contributed by atoms with van der Waals surface area (Å²) in [7, 11) is 0. The molecule has 0 aliphatic carbocycles. The number of halogens is 2. The number of benzene rings is 2. The summed E-state index contributed by atoms with van der Waals surface area (Å²) in [5.41, 5.74) is 1.37. The van der Waals surface area contributed by atoms with Gasteiger partial charge in [0.05, 0.1) is 6.07 Å². The van der Waals surface area contributed by atoms with Crippen LogP contribution in [0.2, 0.25) is 0 Å². The van der Waals surface area contributed by atoms with Crippen LogP contribution in [0.5, 0.6) is 0 Å². The predicted octanol–water partition coefficient (Wildman–Crippen LogP) is 3.63. The molecule has 0 amide bonds. The van der Waals surface area contributed by atoms with E-state index < -0.39 is 0 Å². The molecule has 0 saturated heterocycles. The van der Waals surface area contributed by atoms with Crippen molar-refractivity contribution in [3.8, 4) is 6.07 Å². The van der Waals surface area contributed by atoms with Gasteiger partial charge in [-0.3, -0.25) is 0 Å². The summed E-state index contributed by atoms with van der Waals surface area (Å²) in [4.78, 5) is 1.68. The molecule has 2 aromatic rings. The van der Waals surface area contributed by atoms with Crippen molar-refractivity contribution in [1.82, 2.24) is 0 Å². The number of hydrogen-bond acceptors (Lipinski definition) is 2. The zero-order chi connectivity index (χ0) is 13.0. The Morgan fingerprint density at radius 3 is 1.56 bits per heavy atom. The first-order valence-corrected chi connectivity index (χ1v) is 5.36. The quantitative estimate of drug-likeness (QED) is 0.771. The van der Waals surface area contributed by atoms with Crippen LogP contribution in [-0.4, -0.2) is 6.54 Å². The molecule has 0 unspecified atom stereocenters. The van der Waals surface area contributed by atoms with E-state index >= 15 is 0 Å². The first-order chi connectivity index (χ1) is 8.70. The number of rotatable bonds is 3. The highest BCUT2D eigenvalue weighted by Crippen LogP contribution is 2.25. The van der Waals surface area contributed by atoms with Crippen molar-refractivity contribution >= 4 is 11.4 Å². The molecule has 0 spiro atoms. The lowest BCUT2D eigenvalue weighted by molar-refractivity contribution is 0.627.